The number of ether oxygens (including phenoxy) is 1. The summed E-state index contributed by atoms with van der Waals surface area (Å²) < 4.78 is 4.98. The van der Waals surface area contributed by atoms with Crippen molar-refractivity contribution in [2.45, 2.75) is 30.4 Å². The number of amides is 1. The number of hydrogen-bond acceptors (Lipinski definition) is 7. The van der Waals surface area contributed by atoms with Gasteiger partial charge in [0.15, 0.2) is 10.2 Å². The van der Waals surface area contributed by atoms with Gasteiger partial charge in [0.1, 0.15) is 5.25 Å². The maximum absolute atomic E-state index is 13.4. The summed E-state index contributed by atoms with van der Waals surface area (Å²) in [6, 6.07) is 25.3. The second-order valence-corrected chi connectivity index (χ2v) is 10.9. The van der Waals surface area contributed by atoms with Gasteiger partial charge in [-0.1, -0.05) is 54.1 Å². The molecule has 10 heteroatoms. The number of carbonyl (C=O) groups is 2. The number of anilines is 3. The number of rotatable bonds is 10. The maximum Gasteiger partial charge on any atom is 0.311 e. The lowest BCUT2D eigenvalue weighted by atomic mass is 10.1. The van der Waals surface area contributed by atoms with E-state index in [9.17, 15) is 9.59 Å². The van der Waals surface area contributed by atoms with Crippen LogP contribution in [0.5, 0.6) is 0 Å². The Balaban J connectivity index is 1.45. The molecule has 0 saturated carbocycles. The second kappa shape index (κ2) is 13.9. The SMILES string of the molecule is CCOC(=O)Cc1csc(NC(=O)C(Sc2cccc(NC(=S)Nc3ccc(C)cc3)c2)c2ccccc2)n1. The maximum atomic E-state index is 13.4. The number of benzene rings is 3. The zero-order chi connectivity index (χ0) is 27.6. The highest BCUT2D eigenvalue weighted by Gasteiger charge is 2.23. The van der Waals surface area contributed by atoms with Gasteiger partial charge < -0.3 is 20.7 Å². The first kappa shape index (κ1) is 28.3. The molecule has 0 aliphatic carbocycles. The van der Waals surface area contributed by atoms with Gasteiger partial charge >= 0.3 is 5.97 Å². The third kappa shape index (κ3) is 8.64. The van der Waals surface area contributed by atoms with Gasteiger partial charge in [0.25, 0.3) is 0 Å². The van der Waals surface area contributed by atoms with Crippen LogP contribution < -0.4 is 16.0 Å². The van der Waals surface area contributed by atoms with Crippen LogP contribution in [0.15, 0.2) is 89.1 Å². The monoisotopic (exact) mass is 576 g/mol. The third-order valence-corrected chi connectivity index (χ3v) is 7.67. The fourth-order valence-electron chi connectivity index (χ4n) is 3.59. The lowest BCUT2D eigenvalue weighted by molar-refractivity contribution is -0.142. The Morgan fingerprint density at radius 2 is 1.72 bits per heavy atom. The number of nitrogens with zero attached hydrogens (tertiary/aromatic N) is 1. The van der Waals surface area contributed by atoms with Crippen molar-refractivity contribution in [3.63, 3.8) is 0 Å². The second-order valence-electron chi connectivity index (χ2n) is 8.50. The van der Waals surface area contributed by atoms with Crippen molar-refractivity contribution in [2.24, 2.45) is 0 Å². The highest BCUT2D eigenvalue weighted by molar-refractivity contribution is 8.00. The van der Waals surface area contributed by atoms with Crippen LogP contribution in [0.1, 0.15) is 29.0 Å². The average Bonchev–Trinajstić information content (AvgIpc) is 3.35. The number of aromatic nitrogens is 1. The number of hydrogen-bond donors (Lipinski definition) is 3. The van der Waals surface area contributed by atoms with E-state index in [4.69, 9.17) is 17.0 Å². The standard InChI is InChI=1S/C29H28N4O3S3/c1-3-36-25(34)17-23-18-38-29(32-23)33-27(35)26(20-8-5-4-6-9-20)39-24-11-7-10-22(16-24)31-28(37)30-21-14-12-19(2)13-15-21/h4-16,18,26H,3,17H2,1-2H3,(H2,30,31,37)(H,32,33,35). The number of carbonyl (C=O) groups excluding carboxylic acids is 2. The zero-order valence-electron chi connectivity index (χ0n) is 21.5. The van der Waals surface area contributed by atoms with Crippen LogP contribution in [0, 0.1) is 6.92 Å². The number of thiazole rings is 1. The molecule has 1 heterocycles. The first-order chi connectivity index (χ1) is 18.9. The van der Waals surface area contributed by atoms with Crippen molar-refractivity contribution in [1.82, 2.24) is 4.98 Å². The molecule has 1 atom stereocenters. The molecule has 4 rings (SSSR count). The van der Waals surface area contributed by atoms with E-state index in [2.05, 4.69) is 20.9 Å². The van der Waals surface area contributed by atoms with Gasteiger partial charge in [0.05, 0.1) is 18.7 Å². The lowest BCUT2D eigenvalue weighted by Gasteiger charge is -2.17. The normalized spacial score (nSPS) is 11.3. The summed E-state index contributed by atoms with van der Waals surface area (Å²) >= 11 is 8.19. The predicted octanol–water partition coefficient (Wildman–Crippen LogP) is 6.84. The largest absolute Gasteiger partial charge is 0.466 e. The Morgan fingerprint density at radius 1 is 0.974 bits per heavy atom. The molecule has 1 amide bonds. The molecule has 3 N–H and O–H groups in total. The van der Waals surface area contributed by atoms with Gasteiger partial charge in [0, 0.05) is 21.7 Å². The molecular weight excluding hydrogens is 549 g/mol. The summed E-state index contributed by atoms with van der Waals surface area (Å²) in [6.07, 6.45) is 0.0670. The lowest BCUT2D eigenvalue weighted by Crippen LogP contribution is -2.19. The third-order valence-electron chi connectivity index (χ3n) is 5.41. The molecule has 0 radical (unpaired) electrons. The van der Waals surface area contributed by atoms with Crippen LogP contribution in [-0.2, 0) is 20.7 Å². The Labute approximate surface area is 241 Å². The number of esters is 1. The van der Waals surface area contributed by atoms with E-state index in [1.807, 2.05) is 85.8 Å². The Bertz CT molecular complexity index is 1430. The molecule has 3 aromatic carbocycles. The molecule has 0 aliphatic rings. The van der Waals surface area contributed by atoms with Crippen molar-refractivity contribution in [3.8, 4) is 0 Å². The van der Waals surface area contributed by atoms with Gasteiger partial charge in [-0.2, -0.15) is 0 Å². The topological polar surface area (TPSA) is 92.3 Å². The molecule has 7 nitrogen and oxygen atoms in total. The van der Waals surface area contributed by atoms with Crippen LogP contribution in [-0.4, -0.2) is 28.6 Å². The first-order valence-corrected chi connectivity index (χ1v) is 14.4. The van der Waals surface area contributed by atoms with Gasteiger partial charge in [0.2, 0.25) is 5.91 Å². The van der Waals surface area contributed by atoms with Crippen molar-refractivity contribution in [2.75, 3.05) is 22.6 Å². The van der Waals surface area contributed by atoms with Gasteiger partial charge in [-0.3, -0.25) is 9.59 Å². The summed E-state index contributed by atoms with van der Waals surface area (Å²) in [4.78, 5) is 30.5. The minimum Gasteiger partial charge on any atom is -0.466 e. The smallest absolute Gasteiger partial charge is 0.311 e. The summed E-state index contributed by atoms with van der Waals surface area (Å²) in [5, 5.41) is 11.4. The molecule has 4 aromatic rings. The minimum absolute atomic E-state index is 0.0670. The van der Waals surface area contributed by atoms with Crippen molar-refractivity contribution >= 4 is 68.8 Å². The van der Waals surface area contributed by atoms with E-state index in [-0.39, 0.29) is 18.3 Å². The number of thioether (sulfide) groups is 1. The number of nitrogens with one attached hydrogen (secondary N) is 3. The van der Waals surface area contributed by atoms with Crippen LogP contribution in [0.25, 0.3) is 0 Å². The molecule has 0 bridgehead atoms. The molecule has 0 aliphatic heterocycles. The molecule has 0 fully saturated rings. The van der Waals surface area contributed by atoms with Crippen LogP contribution in [0.3, 0.4) is 0 Å². The summed E-state index contributed by atoms with van der Waals surface area (Å²) in [5.41, 5.74) is 4.30. The molecular formula is C29H28N4O3S3. The fourth-order valence-corrected chi connectivity index (χ4v) is 5.62. The molecule has 200 valence electrons. The minimum atomic E-state index is -0.531. The number of thiocarbonyl (C=S) groups is 1. The van der Waals surface area contributed by atoms with E-state index in [0.29, 0.717) is 22.5 Å². The zero-order valence-corrected chi connectivity index (χ0v) is 23.9. The molecule has 39 heavy (non-hydrogen) atoms. The molecule has 0 spiro atoms. The summed E-state index contributed by atoms with van der Waals surface area (Å²) in [5.74, 6) is -0.557. The Hall–Kier alpha value is -3.73. The highest BCUT2D eigenvalue weighted by atomic mass is 32.2. The van der Waals surface area contributed by atoms with E-state index in [1.54, 1.807) is 12.3 Å². The van der Waals surface area contributed by atoms with Crippen LogP contribution in [0.2, 0.25) is 0 Å². The predicted molar refractivity (Wildman–Crippen MR) is 164 cm³/mol. The quantitative estimate of drug-likeness (QED) is 0.107. The highest BCUT2D eigenvalue weighted by Crippen LogP contribution is 2.37. The summed E-state index contributed by atoms with van der Waals surface area (Å²) in [6.45, 7) is 4.11. The van der Waals surface area contributed by atoms with Crippen molar-refractivity contribution in [3.05, 3.63) is 101 Å². The Morgan fingerprint density at radius 3 is 2.46 bits per heavy atom. The van der Waals surface area contributed by atoms with Gasteiger partial charge in [-0.05, 0) is 62.0 Å². The van der Waals surface area contributed by atoms with Gasteiger partial charge in [-0.25, -0.2) is 4.98 Å². The molecule has 0 saturated heterocycles. The van der Waals surface area contributed by atoms with Crippen LogP contribution >= 0.6 is 35.3 Å². The van der Waals surface area contributed by atoms with Crippen molar-refractivity contribution < 1.29 is 14.3 Å². The van der Waals surface area contributed by atoms with E-state index >= 15 is 0 Å². The van der Waals surface area contributed by atoms with Gasteiger partial charge in [-0.15, -0.1) is 23.1 Å². The first-order valence-electron chi connectivity index (χ1n) is 12.3. The van der Waals surface area contributed by atoms with E-state index in [0.717, 1.165) is 21.8 Å². The Kier molecular flexibility index (Phi) is 10.1. The van der Waals surface area contributed by atoms with Crippen molar-refractivity contribution in [1.29, 1.82) is 0 Å². The van der Waals surface area contributed by atoms with E-state index < -0.39 is 5.25 Å². The molecule has 1 unspecified atom stereocenters. The van der Waals surface area contributed by atoms with Crippen LogP contribution in [0.4, 0.5) is 16.5 Å². The molecule has 1 aromatic heterocycles. The average molecular weight is 577 g/mol. The van der Waals surface area contributed by atoms with E-state index in [1.165, 1.54) is 28.7 Å². The summed E-state index contributed by atoms with van der Waals surface area (Å²) in [7, 11) is 0. The number of aryl methyl sites for hydroxylation is 1. The fraction of sp³-hybridized carbons (Fsp3) is 0.172.